The first-order valence-corrected chi connectivity index (χ1v) is 13.6. The summed E-state index contributed by atoms with van der Waals surface area (Å²) in [5.74, 6) is 0. The summed E-state index contributed by atoms with van der Waals surface area (Å²) in [5, 5.41) is 0. The number of aromatic nitrogens is 1. The van der Waals surface area contributed by atoms with E-state index in [1.165, 1.54) is 114 Å². The van der Waals surface area contributed by atoms with Gasteiger partial charge in [0.2, 0.25) is 0 Å². The van der Waals surface area contributed by atoms with Crippen molar-refractivity contribution < 1.29 is 4.57 Å². The summed E-state index contributed by atoms with van der Waals surface area (Å²) >= 11 is 0. The van der Waals surface area contributed by atoms with Gasteiger partial charge in [0.25, 0.3) is 0 Å². The number of rotatable bonds is 19. The van der Waals surface area contributed by atoms with Gasteiger partial charge in [0.05, 0.1) is 0 Å². The van der Waals surface area contributed by atoms with Crippen LogP contribution >= 0.6 is 0 Å². The van der Waals surface area contributed by atoms with Crippen molar-refractivity contribution in [1.29, 1.82) is 0 Å². The molecule has 0 aliphatic heterocycles. The highest BCUT2D eigenvalue weighted by Gasteiger charge is 2.00. The monoisotopic (exact) mass is 434 g/mol. The van der Waals surface area contributed by atoms with E-state index < -0.39 is 0 Å². The van der Waals surface area contributed by atoms with E-state index in [2.05, 4.69) is 78.5 Å². The standard InChI is InChI=1S/C31H48N/c1-2-3-4-5-6-7-8-9-10-11-12-13-14-15-16-20-27-32-28-25-31(26-29-32)24-23-30-21-18-17-19-22-30/h17-19,21-26,28-29H,2-16,20,27H2,1H3/q+1/b24-23+. The van der Waals surface area contributed by atoms with Gasteiger partial charge in [-0.3, -0.25) is 0 Å². The lowest BCUT2D eigenvalue weighted by atomic mass is 10.0. The van der Waals surface area contributed by atoms with Crippen molar-refractivity contribution in [3.05, 3.63) is 66.0 Å². The summed E-state index contributed by atoms with van der Waals surface area (Å²) in [6, 6.07) is 14.9. The first-order valence-electron chi connectivity index (χ1n) is 13.6. The summed E-state index contributed by atoms with van der Waals surface area (Å²) in [7, 11) is 0. The molecule has 2 rings (SSSR count). The molecular weight excluding hydrogens is 386 g/mol. The average molecular weight is 435 g/mol. The highest BCUT2D eigenvalue weighted by Crippen LogP contribution is 2.13. The molecule has 0 aliphatic rings. The summed E-state index contributed by atoms with van der Waals surface area (Å²) in [4.78, 5) is 0. The zero-order chi connectivity index (χ0) is 22.5. The maximum Gasteiger partial charge on any atom is 0.169 e. The van der Waals surface area contributed by atoms with Crippen LogP contribution in [0.3, 0.4) is 0 Å². The fraction of sp³-hybridized carbons (Fsp3) is 0.581. The predicted molar refractivity (Wildman–Crippen MR) is 142 cm³/mol. The Kier molecular flexibility index (Phi) is 15.4. The lowest BCUT2D eigenvalue weighted by Gasteiger charge is -2.03. The molecule has 0 N–H and O–H groups in total. The first kappa shape index (κ1) is 26.4. The molecule has 1 nitrogen and oxygen atoms in total. The third-order valence-electron chi connectivity index (χ3n) is 6.45. The van der Waals surface area contributed by atoms with Crippen molar-refractivity contribution in [2.75, 3.05) is 0 Å². The third kappa shape index (κ3) is 13.5. The second-order valence-corrected chi connectivity index (χ2v) is 9.42. The predicted octanol–water partition coefficient (Wildman–Crippen LogP) is 9.41. The molecule has 1 heteroatoms. The van der Waals surface area contributed by atoms with Crippen LogP contribution in [0, 0.1) is 0 Å². The lowest BCUT2D eigenvalue weighted by molar-refractivity contribution is -0.697. The van der Waals surface area contributed by atoms with Crippen LogP contribution in [-0.2, 0) is 6.54 Å². The molecule has 32 heavy (non-hydrogen) atoms. The van der Waals surface area contributed by atoms with Crippen LogP contribution in [0.2, 0.25) is 0 Å². The molecule has 0 fully saturated rings. The van der Waals surface area contributed by atoms with E-state index in [4.69, 9.17) is 0 Å². The van der Waals surface area contributed by atoms with Gasteiger partial charge >= 0.3 is 0 Å². The van der Waals surface area contributed by atoms with E-state index in [1.54, 1.807) is 0 Å². The second-order valence-electron chi connectivity index (χ2n) is 9.42. The Morgan fingerprint density at radius 3 is 1.38 bits per heavy atom. The number of unbranched alkanes of at least 4 members (excludes halogenated alkanes) is 15. The lowest BCUT2D eigenvalue weighted by Crippen LogP contribution is -2.32. The van der Waals surface area contributed by atoms with Gasteiger partial charge < -0.3 is 0 Å². The first-order chi connectivity index (χ1) is 15.9. The second kappa shape index (κ2) is 18.7. The van der Waals surface area contributed by atoms with Crippen LogP contribution in [-0.4, -0.2) is 0 Å². The number of hydrogen-bond acceptors (Lipinski definition) is 0. The van der Waals surface area contributed by atoms with Gasteiger partial charge in [-0.1, -0.05) is 139 Å². The summed E-state index contributed by atoms with van der Waals surface area (Å²) in [6.45, 7) is 3.44. The fourth-order valence-corrected chi connectivity index (χ4v) is 4.33. The van der Waals surface area contributed by atoms with Crippen molar-refractivity contribution in [2.45, 2.75) is 116 Å². The molecule has 1 heterocycles. The SMILES string of the molecule is CCCCCCCCCCCCCCCCCC[n+]1ccc(/C=C/c2ccccc2)cc1. The molecule has 0 unspecified atom stereocenters. The molecule has 1 aromatic carbocycles. The molecule has 0 saturated carbocycles. The quantitative estimate of drug-likeness (QED) is 0.153. The highest BCUT2D eigenvalue weighted by molar-refractivity contribution is 5.68. The molecule has 0 spiro atoms. The largest absolute Gasteiger partial charge is 0.205 e. The number of benzene rings is 1. The zero-order valence-corrected chi connectivity index (χ0v) is 20.8. The maximum absolute atomic E-state index is 2.32. The van der Waals surface area contributed by atoms with Crippen molar-refractivity contribution >= 4 is 12.2 Å². The van der Waals surface area contributed by atoms with Crippen LogP contribution in [0.1, 0.15) is 121 Å². The Morgan fingerprint density at radius 2 is 0.906 bits per heavy atom. The van der Waals surface area contributed by atoms with Crippen molar-refractivity contribution in [3.8, 4) is 0 Å². The van der Waals surface area contributed by atoms with Crippen molar-refractivity contribution in [1.82, 2.24) is 0 Å². The molecule has 0 aliphatic carbocycles. The van der Waals surface area contributed by atoms with Crippen molar-refractivity contribution in [3.63, 3.8) is 0 Å². The summed E-state index contributed by atoms with van der Waals surface area (Å²) in [5.41, 5.74) is 2.51. The minimum absolute atomic E-state index is 1.14. The molecule has 0 amide bonds. The summed E-state index contributed by atoms with van der Waals surface area (Å²) < 4.78 is 2.32. The minimum atomic E-state index is 1.14. The van der Waals surface area contributed by atoms with Gasteiger partial charge in [0, 0.05) is 18.6 Å². The Morgan fingerprint density at radius 1 is 0.500 bits per heavy atom. The van der Waals surface area contributed by atoms with Gasteiger partial charge in [-0.25, -0.2) is 4.57 Å². The normalized spacial score (nSPS) is 11.4. The molecule has 2 aromatic rings. The molecule has 1 aromatic heterocycles. The van der Waals surface area contributed by atoms with Crippen molar-refractivity contribution in [2.24, 2.45) is 0 Å². The summed E-state index contributed by atoms with van der Waals surface area (Å²) in [6.07, 6.45) is 31.6. The van der Waals surface area contributed by atoms with Crippen LogP contribution in [0.4, 0.5) is 0 Å². The van der Waals surface area contributed by atoms with Crippen LogP contribution in [0.15, 0.2) is 54.9 Å². The minimum Gasteiger partial charge on any atom is -0.205 e. The van der Waals surface area contributed by atoms with E-state index >= 15 is 0 Å². The van der Waals surface area contributed by atoms with Gasteiger partial charge in [0.15, 0.2) is 12.4 Å². The van der Waals surface area contributed by atoms with Gasteiger partial charge in [-0.15, -0.1) is 0 Å². The third-order valence-corrected chi connectivity index (χ3v) is 6.45. The Hall–Kier alpha value is -1.89. The van der Waals surface area contributed by atoms with Crippen LogP contribution in [0.25, 0.3) is 12.2 Å². The Labute approximate surface area is 199 Å². The van der Waals surface area contributed by atoms with Crippen LogP contribution in [0.5, 0.6) is 0 Å². The topological polar surface area (TPSA) is 3.88 Å². The smallest absolute Gasteiger partial charge is 0.169 e. The zero-order valence-electron chi connectivity index (χ0n) is 20.8. The van der Waals surface area contributed by atoms with Gasteiger partial charge in [-0.05, 0) is 17.5 Å². The Balaban J connectivity index is 1.39. The Bertz CT molecular complexity index is 686. The molecule has 176 valence electrons. The molecule has 0 saturated heterocycles. The molecule has 0 bridgehead atoms. The van der Waals surface area contributed by atoms with E-state index in [0.29, 0.717) is 0 Å². The average Bonchev–Trinajstić information content (AvgIpc) is 2.84. The number of hydrogen-bond donors (Lipinski definition) is 0. The molecule has 0 atom stereocenters. The molecular formula is C31H48N+. The maximum atomic E-state index is 2.32. The van der Waals surface area contributed by atoms with E-state index in [-0.39, 0.29) is 0 Å². The number of aryl methyl sites for hydroxylation is 1. The van der Waals surface area contributed by atoms with E-state index in [1.807, 2.05) is 0 Å². The van der Waals surface area contributed by atoms with E-state index in [9.17, 15) is 0 Å². The highest BCUT2D eigenvalue weighted by atomic mass is 14.9. The molecule has 0 radical (unpaired) electrons. The van der Waals surface area contributed by atoms with Crippen LogP contribution < -0.4 is 4.57 Å². The van der Waals surface area contributed by atoms with Gasteiger partial charge in [0.1, 0.15) is 6.54 Å². The fourth-order valence-electron chi connectivity index (χ4n) is 4.33. The van der Waals surface area contributed by atoms with E-state index in [0.717, 1.165) is 6.54 Å². The van der Waals surface area contributed by atoms with Gasteiger partial charge in [-0.2, -0.15) is 0 Å². The number of nitrogens with zero attached hydrogens (tertiary/aromatic N) is 1. The number of pyridine rings is 1.